The van der Waals surface area contributed by atoms with E-state index in [0.717, 1.165) is 24.6 Å². The van der Waals surface area contributed by atoms with Crippen LogP contribution in [0.5, 0.6) is 0 Å². The van der Waals surface area contributed by atoms with Gasteiger partial charge in [0.15, 0.2) is 5.82 Å². The van der Waals surface area contributed by atoms with Gasteiger partial charge in [-0.2, -0.15) is 4.98 Å². The Morgan fingerprint density at radius 2 is 1.78 bits per heavy atom. The number of aromatic nitrogens is 5. The van der Waals surface area contributed by atoms with Gasteiger partial charge >= 0.3 is 0 Å². The van der Waals surface area contributed by atoms with Gasteiger partial charge in [-0.15, -0.1) is 5.10 Å². The fourth-order valence-corrected chi connectivity index (χ4v) is 2.28. The molecule has 1 saturated heterocycles. The summed E-state index contributed by atoms with van der Waals surface area (Å²) in [5, 5.41) is 4.44. The summed E-state index contributed by atoms with van der Waals surface area (Å²) in [7, 11) is 1.93. The van der Waals surface area contributed by atoms with Crippen molar-refractivity contribution in [3.63, 3.8) is 0 Å². The molecule has 0 radical (unpaired) electrons. The fourth-order valence-electron chi connectivity index (χ4n) is 2.28. The van der Waals surface area contributed by atoms with Crippen LogP contribution in [0.25, 0.3) is 11.4 Å². The molecule has 6 nitrogen and oxygen atoms in total. The van der Waals surface area contributed by atoms with Crippen LogP contribution in [0.4, 0.5) is 5.95 Å². The van der Waals surface area contributed by atoms with Crippen LogP contribution in [0, 0.1) is 0 Å². The van der Waals surface area contributed by atoms with Gasteiger partial charge in [0.1, 0.15) is 6.33 Å². The van der Waals surface area contributed by atoms with Gasteiger partial charge in [0.25, 0.3) is 0 Å². The summed E-state index contributed by atoms with van der Waals surface area (Å²) < 4.78 is 1.84. The monoisotopic (exact) mass is 244 g/mol. The average Bonchev–Trinajstić information content (AvgIpc) is 2.83. The lowest BCUT2D eigenvalue weighted by Crippen LogP contribution is -2.31. The van der Waals surface area contributed by atoms with Crippen molar-refractivity contribution in [2.24, 2.45) is 7.05 Å². The van der Waals surface area contributed by atoms with Crippen LogP contribution >= 0.6 is 0 Å². The Labute approximate surface area is 106 Å². The molecule has 1 fully saturated rings. The minimum Gasteiger partial charge on any atom is -0.341 e. The molecule has 94 valence electrons. The lowest BCUT2D eigenvalue weighted by Gasteiger charge is -2.26. The van der Waals surface area contributed by atoms with E-state index in [9.17, 15) is 0 Å². The van der Waals surface area contributed by atoms with Gasteiger partial charge in [-0.25, -0.2) is 14.6 Å². The van der Waals surface area contributed by atoms with E-state index in [1.54, 1.807) is 12.4 Å². The lowest BCUT2D eigenvalue weighted by atomic mass is 10.1. The first-order valence-electron chi connectivity index (χ1n) is 6.26. The Balaban J connectivity index is 1.91. The summed E-state index contributed by atoms with van der Waals surface area (Å²) >= 11 is 0. The molecule has 0 aromatic carbocycles. The predicted molar refractivity (Wildman–Crippen MR) is 68.1 cm³/mol. The molecule has 0 amide bonds. The van der Waals surface area contributed by atoms with Crippen LogP contribution in [0.1, 0.15) is 19.3 Å². The van der Waals surface area contributed by atoms with Gasteiger partial charge in [-0.1, -0.05) is 0 Å². The second-order valence-electron chi connectivity index (χ2n) is 4.53. The number of anilines is 1. The summed E-state index contributed by atoms with van der Waals surface area (Å²) in [4.78, 5) is 14.9. The van der Waals surface area contributed by atoms with Crippen molar-refractivity contribution in [1.82, 2.24) is 24.7 Å². The predicted octanol–water partition coefficient (Wildman–Crippen LogP) is 1.26. The summed E-state index contributed by atoms with van der Waals surface area (Å²) in [5.74, 6) is 1.63. The molecule has 0 saturated carbocycles. The zero-order valence-corrected chi connectivity index (χ0v) is 10.5. The molecule has 0 aliphatic carbocycles. The highest BCUT2D eigenvalue weighted by Gasteiger charge is 2.18. The molecule has 18 heavy (non-hydrogen) atoms. The maximum atomic E-state index is 4.60. The normalized spacial score (nSPS) is 15.9. The smallest absolute Gasteiger partial charge is 0.224 e. The van der Waals surface area contributed by atoms with E-state index < -0.39 is 0 Å². The molecule has 0 unspecified atom stereocenters. The highest BCUT2D eigenvalue weighted by molar-refractivity contribution is 5.53. The number of aryl methyl sites for hydroxylation is 1. The standard InChI is InChI=1S/C12H16N6/c1-17-12(18-5-3-2-4-6-18)15-11(16-17)10-7-13-9-14-8-10/h7-9H,2-6H2,1H3. The van der Waals surface area contributed by atoms with E-state index >= 15 is 0 Å². The third kappa shape index (κ3) is 2.05. The van der Waals surface area contributed by atoms with E-state index in [-0.39, 0.29) is 0 Å². The van der Waals surface area contributed by atoms with E-state index in [2.05, 4.69) is 25.0 Å². The largest absolute Gasteiger partial charge is 0.341 e. The molecule has 0 bridgehead atoms. The van der Waals surface area contributed by atoms with E-state index in [1.807, 2.05) is 11.7 Å². The molecule has 3 heterocycles. The highest BCUT2D eigenvalue weighted by atomic mass is 15.4. The second kappa shape index (κ2) is 4.72. The van der Waals surface area contributed by atoms with Gasteiger partial charge in [0.2, 0.25) is 5.95 Å². The molecular formula is C12H16N6. The molecule has 0 N–H and O–H groups in total. The molecule has 3 rings (SSSR count). The number of nitrogens with zero attached hydrogens (tertiary/aromatic N) is 6. The molecular weight excluding hydrogens is 228 g/mol. The van der Waals surface area contributed by atoms with Gasteiger partial charge in [0.05, 0.1) is 5.56 Å². The third-order valence-corrected chi connectivity index (χ3v) is 3.20. The third-order valence-electron chi connectivity index (χ3n) is 3.20. The Kier molecular flexibility index (Phi) is 2.92. The maximum absolute atomic E-state index is 4.60. The van der Waals surface area contributed by atoms with Crippen LogP contribution in [-0.4, -0.2) is 37.8 Å². The first kappa shape index (κ1) is 11.1. The molecule has 0 spiro atoms. The van der Waals surface area contributed by atoms with Crippen LogP contribution in [0.2, 0.25) is 0 Å². The Morgan fingerprint density at radius 3 is 2.50 bits per heavy atom. The summed E-state index contributed by atoms with van der Waals surface area (Å²) in [5.41, 5.74) is 0.858. The molecule has 6 heteroatoms. The van der Waals surface area contributed by atoms with Crippen molar-refractivity contribution in [3.05, 3.63) is 18.7 Å². The summed E-state index contributed by atoms with van der Waals surface area (Å²) in [6.07, 6.45) is 8.77. The molecule has 0 atom stereocenters. The minimum atomic E-state index is 0.693. The molecule has 2 aromatic rings. The Hall–Kier alpha value is -1.98. The van der Waals surface area contributed by atoms with Crippen molar-refractivity contribution in [2.75, 3.05) is 18.0 Å². The minimum absolute atomic E-state index is 0.693. The average molecular weight is 244 g/mol. The van der Waals surface area contributed by atoms with Crippen molar-refractivity contribution < 1.29 is 0 Å². The topological polar surface area (TPSA) is 59.7 Å². The van der Waals surface area contributed by atoms with Crippen molar-refractivity contribution >= 4 is 5.95 Å². The van der Waals surface area contributed by atoms with Gasteiger partial charge < -0.3 is 4.90 Å². The number of piperidine rings is 1. The van der Waals surface area contributed by atoms with Gasteiger partial charge in [0, 0.05) is 32.5 Å². The molecule has 1 aliphatic heterocycles. The summed E-state index contributed by atoms with van der Waals surface area (Å²) in [6, 6.07) is 0. The van der Waals surface area contributed by atoms with E-state index in [4.69, 9.17) is 0 Å². The number of rotatable bonds is 2. The van der Waals surface area contributed by atoms with Crippen molar-refractivity contribution in [3.8, 4) is 11.4 Å². The molecule has 2 aromatic heterocycles. The SMILES string of the molecule is Cn1nc(-c2cncnc2)nc1N1CCCCC1. The van der Waals surface area contributed by atoms with E-state index in [1.165, 1.54) is 25.6 Å². The Morgan fingerprint density at radius 1 is 1.06 bits per heavy atom. The quantitative estimate of drug-likeness (QED) is 0.796. The van der Waals surface area contributed by atoms with Crippen LogP contribution in [0.3, 0.4) is 0 Å². The zero-order chi connectivity index (χ0) is 12.4. The van der Waals surface area contributed by atoms with Crippen LogP contribution in [0.15, 0.2) is 18.7 Å². The van der Waals surface area contributed by atoms with Crippen LogP contribution < -0.4 is 4.90 Å². The summed E-state index contributed by atoms with van der Waals surface area (Å²) in [6.45, 7) is 2.13. The van der Waals surface area contributed by atoms with Crippen LogP contribution in [-0.2, 0) is 7.05 Å². The maximum Gasteiger partial charge on any atom is 0.224 e. The number of hydrogen-bond donors (Lipinski definition) is 0. The Bertz CT molecular complexity index is 515. The van der Waals surface area contributed by atoms with Gasteiger partial charge in [-0.05, 0) is 19.3 Å². The molecule has 1 aliphatic rings. The fraction of sp³-hybridized carbons (Fsp3) is 0.500. The first-order valence-corrected chi connectivity index (χ1v) is 6.26. The zero-order valence-electron chi connectivity index (χ0n) is 10.5. The van der Waals surface area contributed by atoms with Gasteiger partial charge in [-0.3, -0.25) is 0 Å². The highest BCUT2D eigenvalue weighted by Crippen LogP contribution is 2.20. The lowest BCUT2D eigenvalue weighted by molar-refractivity contribution is 0.557. The van der Waals surface area contributed by atoms with E-state index in [0.29, 0.717) is 5.82 Å². The van der Waals surface area contributed by atoms with Crippen molar-refractivity contribution in [2.45, 2.75) is 19.3 Å². The first-order chi connectivity index (χ1) is 8.84. The number of hydrogen-bond acceptors (Lipinski definition) is 5. The van der Waals surface area contributed by atoms with Crippen molar-refractivity contribution in [1.29, 1.82) is 0 Å². The second-order valence-corrected chi connectivity index (χ2v) is 4.53.